The third-order valence-electron chi connectivity index (χ3n) is 2.88. The van der Waals surface area contributed by atoms with Crippen LogP contribution in [-0.2, 0) is 16.0 Å². The van der Waals surface area contributed by atoms with Gasteiger partial charge in [-0.15, -0.1) is 0 Å². The molecule has 0 bridgehead atoms. The molecule has 2 atom stereocenters. The number of nitrogens with two attached hydrogens (primary N) is 1. The normalized spacial score (nSPS) is 13.7. The summed E-state index contributed by atoms with van der Waals surface area (Å²) < 4.78 is 10.6. The molecule has 0 aliphatic heterocycles. The van der Waals surface area contributed by atoms with Gasteiger partial charge >= 0.3 is 5.97 Å². The Hall–Kier alpha value is -1.55. The molecule has 0 fully saturated rings. The fourth-order valence-electron chi connectivity index (χ4n) is 1.61. The summed E-state index contributed by atoms with van der Waals surface area (Å²) >= 11 is 0. The van der Waals surface area contributed by atoms with Gasteiger partial charge in [-0.25, -0.2) is 0 Å². The van der Waals surface area contributed by atoms with Gasteiger partial charge in [0.1, 0.15) is 11.8 Å². The van der Waals surface area contributed by atoms with Crippen molar-refractivity contribution < 1.29 is 14.3 Å². The number of carbonyl (C=O) groups is 1. The number of hydrogen-bond acceptors (Lipinski definition) is 4. The average Bonchev–Trinajstić information content (AvgIpc) is 2.41. The van der Waals surface area contributed by atoms with Crippen molar-refractivity contribution in [3.8, 4) is 5.75 Å². The van der Waals surface area contributed by atoms with Crippen molar-refractivity contribution in [2.24, 2.45) is 5.73 Å². The van der Waals surface area contributed by atoms with E-state index in [-0.39, 0.29) is 12.1 Å². The quantitative estimate of drug-likeness (QED) is 0.768. The first-order chi connectivity index (χ1) is 9.06. The molecule has 0 radical (unpaired) electrons. The van der Waals surface area contributed by atoms with Crippen molar-refractivity contribution in [1.82, 2.24) is 0 Å². The largest absolute Gasteiger partial charge is 0.491 e. The predicted molar refractivity (Wildman–Crippen MR) is 75.1 cm³/mol. The molecule has 1 rings (SSSR count). The minimum Gasteiger partial charge on any atom is -0.491 e. The van der Waals surface area contributed by atoms with Gasteiger partial charge < -0.3 is 15.2 Å². The summed E-state index contributed by atoms with van der Waals surface area (Å²) in [4.78, 5) is 11.4. The maximum Gasteiger partial charge on any atom is 0.323 e. The molecule has 1 unspecified atom stereocenters. The van der Waals surface area contributed by atoms with E-state index in [1.165, 1.54) is 0 Å². The Morgan fingerprint density at radius 2 is 1.89 bits per heavy atom. The first-order valence-corrected chi connectivity index (χ1v) is 6.74. The smallest absolute Gasteiger partial charge is 0.323 e. The van der Waals surface area contributed by atoms with E-state index in [4.69, 9.17) is 15.2 Å². The predicted octanol–water partition coefficient (Wildman–Crippen LogP) is 2.30. The highest BCUT2D eigenvalue weighted by molar-refractivity contribution is 5.75. The summed E-state index contributed by atoms with van der Waals surface area (Å²) in [5.41, 5.74) is 6.77. The molecule has 1 aromatic carbocycles. The van der Waals surface area contributed by atoms with Crippen molar-refractivity contribution in [3.05, 3.63) is 29.8 Å². The minimum atomic E-state index is -0.610. The lowest BCUT2D eigenvalue weighted by Gasteiger charge is -2.14. The first-order valence-electron chi connectivity index (χ1n) is 6.74. The highest BCUT2D eigenvalue weighted by atomic mass is 16.5. The lowest BCUT2D eigenvalue weighted by atomic mass is 10.1. The Morgan fingerprint density at radius 1 is 1.26 bits per heavy atom. The van der Waals surface area contributed by atoms with Crippen LogP contribution in [0, 0.1) is 0 Å². The second-order valence-electron chi connectivity index (χ2n) is 4.54. The molecule has 0 aliphatic carbocycles. The zero-order valence-corrected chi connectivity index (χ0v) is 11.9. The van der Waals surface area contributed by atoms with Crippen molar-refractivity contribution in [2.75, 3.05) is 6.61 Å². The van der Waals surface area contributed by atoms with Crippen LogP contribution in [0.5, 0.6) is 5.75 Å². The maximum atomic E-state index is 11.4. The Morgan fingerprint density at radius 3 is 2.42 bits per heavy atom. The molecule has 0 aliphatic rings. The topological polar surface area (TPSA) is 61.5 Å². The highest BCUT2D eigenvalue weighted by Crippen LogP contribution is 2.15. The van der Waals surface area contributed by atoms with Crippen LogP contribution in [0.3, 0.4) is 0 Å². The lowest BCUT2D eigenvalue weighted by molar-refractivity contribution is -0.144. The Bertz CT molecular complexity index is 389. The number of rotatable bonds is 7. The molecule has 0 amide bonds. The Balaban J connectivity index is 2.54. The fraction of sp³-hybridized carbons (Fsp3) is 0.533. The van der Waals surface area contributed by atoms with E-state index < -0.39 is 6.04 Å². The third kappa shape index (κ3) is 5.30. The van der Waals surface area contributed by atoms with Crippen LogP contribution >= 0.6 is 0 Å². The summed E-state index contributed by atoms with van der Waals surface area (Å²) in [6.07, 6.45) is 1.64. The number of ether oxygens (including phenoxy) is 2. The molecular formula is C15H23NO3. The zero-order valence-electron chi connectivity index (χ0n) is 11.9. The summed E-state index contributed by atoms with van der Waals surface area (Å²) in [7, 11) is 0. The van der Waals surface area contributed by atoms with Crippen molar-refractivity contribution in [2.45, 2.75) is 45.8 Å². The van der Waals surface area contributed by atoms with Gasteiger partial charge in [0, 0.05) is 0 Å². The van der Waals surface area contributed by atoms with E-state index in [0.29, 0.717) is 13.0 Å². The van der Waals surface area contributed by atoms with E-state index >= 15 is 0 Å². The fourth-order valence-corrected chi connectivity index (χ4v) is 1.61. The monoisotopic (exact) mass is 265 g/mol. The molecule has 4 nitrogen and oxygen atoms in total. The summed E-state index contributed by atoms with van der Waals surface area (Å²) in [6, 6.07) is 7.05. The van der Waals surface area contributed by atoms with Crippen LogP contribution < -0.4 is 10.5 Å². The Labute approximate surface area is 114 Å². The molecule has 0 saturated carbocycles. The molecular weight excluding hydrogens is 242 g/mol. The molecule has 0 aromatic heterocycles. The van der Waals surface area contributed by atoms with Gasteiger partial charge in [0.2, 0.25) is 0 Å². The van der Waals surface area contributed by atoms with Crippen LogP contribution in [0.1, 0.15) is 32.8 Å². The second-order valence-corrected chi connectivity index (χ2v) is 4.54. The number of benzene rings is 1. The first kappa shape index (κ1) is 15.5. The van der Waals surface area contributed by atoms with Crippen LogP contribution in [0.2, 0.25) is 0 Å². The Kier molecular flexibility index (Phi) is 6.36. The number of carbonyl (C=O) groups excluding carboxylic acids is 1. The zero-order chi connectivity index (χ0) is 14.3. The van der Waals surface area contributed by atoms with Gasteiger partial charge in [-0.3, -0.25) is 4.79 Å². The second kappa shape index (κ2) is 7.79. The van der Waals surface area contributed by atoms with Gasteiger partial charge in [-0.05, 0) is 44.4 Å². The number of hydrogen-bond donors (Lipinski definition) is 1. The van der Waals surface area contributed by atoms with Crippen LogP contribution in [0.25, 0.3) is 0 Å². The molecule has 4 heteroatoms. The highest BCUT2D eigenvalue weighted by Gasteiger charge is 2.14. The summed E-state index contributed by atoms with van der Waals surface area (Å²) in [5, 5.41) is 0. The van der Waals surface area contributed by atoms with Gasteiger partial charge in [0.15, 0.2) is 0 Å². The SMILES string of the molecule is CCOC(=O)[C@@H](N)Cc1ccc(OC(C)CC)cc1. The van der Waals surface area contributed by atoms with Gasteiger partial charge in [-0.2, -0.15) is 0 Å². The molecule has 0 spiro atoms. The third-order valence-corrected chi connectivity index (χ3v) is 2.88. The van der Waals surface area contributed by atoms with Gasteiger partial charge in [0.25, 0.3) is 0 Å². The number of esters is 1. The summed E-state index contributed by atoms with van der Waals surface area (Å²) in [5.74, 6) is 0.477. The van der Waals surface area contributed by atoms with Gasteiger partial charge in [-0.1, -0.05) is 19.1 Å². The van der Waals surface area contributed by atoms with E-state index in [9.17, 15) is 4.79 Å². The van der Waals surface area contributed by atoms with E-state index in [1.807, 2.05) is 31.2 Å². The lowest BCUT2D eigenvalue weighted by Crippen LogP contribution is -2.34. The van der Waals surface area contributed by atoms with Crippen molar-refractivity contribution in [1.29, 1.82) is 0 Å². The van der Waals surface area contributed by atoms with E-state index in [2.05, 4.69) is 6.92 Å². The molecule has 19 heavy (non-hydrogen) atoms. The average molecular weight is 265 g/mol. The van der Waals surface area contributed by atoms with E-state index in [1.54, 1.807) is 6.92 Å². The molecule has 1 aromatic rings. The van der Waals surface area contributed by atoms with E-state index in [0.717, 1.165) is 17.7 Å². The van der Waals surface area contributed by atoms with Crippen LogP contribution in [0.15, 0.2) is 24.3 Å². The van der Waals surface area contributed by atoms with Crippen LogP contribution in [0.4, 0.5) is 0 Å². The molecule has 106 valence electrons. The molecule has 0 heterocycles. The van der Waals surface area contributed by atoms with Gasteiger partial charge in [0.05, 0.1) is 12.7 Å². The maximum absolute atomic E-state index is 11.4. The molecule has 0 saturated heterocycles. The van der Waals surface area contributed by atoms with Crippen molar-refractivity contribution >= 4 is 5.97 Å². The standard InChI is InChI=1S/C15H23NO3/c1-4-11(3)19-13-8-6-12(7-9-13)10-14(16)15(17)18-5-2/h6-9,11,14H,4-5,10,16H2,1-3H3/t11?,14-/m0/s1. The molecule has 2 N–H and O–H groups in total. The summed E-state index contributed by atoms with van der Waals surface area (Å²) in [6.45, 7) is 6.24. The van der Waals surface area contributed by atoms with Crippen LogP contribution in [-0.4, -0.2) is 24.7 Å². The van der Waals surface area contributed by atoms with Crippen molar-refractivity contribution in [3.63, 3.8) is 0 Å². The minimum absolute atomic E-state index is 0.202.